The van der Waals surface area contributed by atoms with E-state index >= 15 is 0 Å². The molecule has 0 amide bonds. The van der Waals surface area contributed by atoms with Crippen LogP contribution >= 0.6 is 11.3 Å². The zero-order chi connectivity index (χ0) is 16.2. The highest BCUT2D eigenvalue weighted by Gasteiger charge is 2.15. The molecule has 6 heteroatoms. The Labute approximate surface area is 138 Å². The van der Waals surface area contributed by atoms with Crippen molar-refractivity contribution in [2.24, 2.45) is 0 Å². The van der Waals surface area contributed by atoms with Crippen LogP contribution in [0.4, 0.5) is 0 Å². The topological polar surface area (TPSA) is 57.7 Å². The molecular formula is C17H17NO4S. The van der Waals surface area contributed by atoms with Crippen molar-refractivity contribution in [3.8, 4) is 16.3 Å². The molecule has 1 aliphatic heterocycles. The van der Waals surface area contributed by atoms with E-state index in [2.05, 4.69) is 11.1 Å². The third kappa shape index (κ3) is 3.28. The number of hydrogen-bond donors (Lipinski definition) is 0. The van der Waals surface area contributed by atoms with Gasteiger partial charge in [0.15, 0.2) is 5.69 Å². The zero-order valence-corrected chi connectivity index (χ0v) is 13.8. The lowest BCUT2D eigenvalue weighted by molar-refractivity contribution is 0.0595. The van der Waals surface area contributed by atoms with Gasteiger partial charge < -0.3 is 14.2 Å². The van der Waals surface area contributed by atoms with Gasteiger partial charge in [0, 0.05) is 16.5 Å². The first-order valence-electron chi connectivity index (χ1n) is 7.22. The Balaban J connectivity index is 1.94. The van der Waals surface area contributed by atoms with Crippen LogP contribution in [-0.2, 0) is 9.47 Å². The number of carbonyl (C=O) groups is 1. The fourth-order valence-corrected chi connectivity index (χ4v) is 3.25. The van der Waals surface area contributed by atoms with Crippen molar-refractivity contribution < 1.29 is 19.0 Å². The van der Waals surface area contributed by atoms with Gasteiger partial charge in [0.25, 0.3) is 0 Å². The highest BCUT2D eigenvalue weighted by atomic mass is 32.1. The molecule has 23 heavy (non-hydrogen) atoms. The third-order valence-corrected chi connectivity index (χ3v) is 4.55. The molecule has 0 saturated carbocycles. The molecule has 0 unspecified atom stereocenters. The quantitative estimate of drug-likeness (QED) is 0.804. The molecule has 1 aliphatic rings. The maximum absolute atomic E-state index is 11.5. The van der Waals surface area contributed by atoms with E-state index < -0.39 is 5.97 Å². The number of esters is 1. The summed E-state index contributed by atoms with van der Waals surface area (Å²) in [6.45, 7) is 1.36. The minimum Gasteiger partial charge on any atom is -0.496 e. The van der Waals surface area contributed by atoms with Crippen LogP contribution in [0.25, 0.3) is 16.1 Å². The lowest BCUT2D eigenvalue weighted by atomic mass is 9.99. The standard InChI is InChI=1S/C17H17NO4S/c1-20-15-9-12(16-18-14(10-23-16)17(19)21-2)3-4-13(15)11-5-7-22-8-6-11/h3-5,9-10H,6-8H2,1-2H3. The molecule has 0 spiro atoms. The molecule has 120 valence electrons. The molecule has 5 nitrogen and oxygen atoms in total. The molecule has 3 rings (SSSR count). The van der Waals surface area contributed by atoms with Crippen molar-refractivity contribution in [1.82, 2.24) is 4.98 Å². The van der Waals surface area contributed by atoms with Crippen LogP contribution in [0.2, 0.25) is 0 Å². The van der Waals surface area contributed by atoms with Gasteiger partial charge in [-0.1, -0.05) is 18.2 Å². The number of rotatable bonds is 4. The van der Waals surface area contributed by atoms with E-state index in [0.29, 0.717) is 12.3 Å². The van der Waals surface area contributed by atoms with Gasteiger partial charge in [0.1, 0.15) is 10.8 Å². The number of carbonyl (C=O) groups excluding carboxylic acids is 1. The fraction of sp³-hybridized carbons (Fsp3) is 0.294. The number of thiazole rings is 1. The van der Waals surface area contributed by atoms with Crippen molar-refractivity contribution in [1.29, 1.82) is 0 Å². The molecule has 0 bridgehead atoms. The van der Waals surface area contributed by atoms with E-state index in [9.17, 15) is 4.79 Å². The normalized spacial score (nSPS) is 14.3. The number of benzene rings is 1. The van der Waals surface area contributed by atoms with Crippen LogP contribution in [0.3, 0.4) is 0 Å². The second-order valence-electron chi connectivity index (χ2n) is 5.00. The number of nitrogens with zero attached hydrogens (tertiary/aromatic N) is 1. The first-order chi connectivity index (χ1) is 11.2. The summed E-state index contributed by atoms with van der Waals surface area (Å²) in [6, 6.07) is 5.98. The van der Waals surface area contributed by atoms with Crippen LogP contribution in [0.1, 0.15) is 22.5 Å². The van der Waals surface area contributed by atoms with Gasteiger partial charge in [-0.2, -0.15) is 0 Å². The van der Waals surface area contributed by atoms with E-state index in [-0.39, 0.29) is 0 Å². The number of ether oxygens (including phenoxy) is 3. The molecule has 0 aliphatic carbocycles. The van der Waals surface area contributed by atoms with Crippen LogP contribution in [-0.4, -0.2) is 38.4 Å². The molecule has 0 N–H and O–H groups in total. The summed E-state index contributed by atoms with van der Waals surface area (Å²) in [4.78, 5) is 15.8. The predicted molar refractivity (Wildman–Crippen MR) is 88.9 cm³/mol. The SMILES string of the molecule is COC(=O)c1csc(-c2ccc(C3=CCOCC3)c(OC)c2)n1. The first-order valence-corrected chi connectivity index (χ1v) is 8.10. The average Bonchev–Trinajstić information content (AvgIpc) is 3.11. The highest BCUT2D eigenvalue weighted by molar-refractivity contribution is 7.13. The van der Waals surface area contributed by atoms with Crippen molar-refractivity contribution in [2.75, 3.05) is 27.4 Å². The maximum atomic E-state index is 11.5. The van der Waals surface area contributed by atoms with Gasteiger partial charge in [-0.25, -0.2) is 9.78 Å². The molecule has 1 aromatic carbocycles. The largest absolute Gasteiger partial charge is 0.496 e. The lowest BCUT2D eigenvalue weighted by Gasteiger charge is -2.17. The molecule has 2 heterocycles. The molecular weight excluding hydrogens is 314 g/mol. The van der Waals surface area contributed by atoms with E-state index in [0.717, 1.165) is 34.9 Å². The van der Waals surface area contributed by atoms with Gasteiger partial charge >= 0.3 is 5.97 Å². The Kier molecular flexibility index (Phi) is 4.73. The second-order valence-corrected chi connectivity index (χ2v) is 5.86. The summed E-state index contributed by atoms with van der Waals surface area (Å²) in [5.41, 5.74) is 3.54. The zero-order valence-electron chi connectivity index (χ0n) is 13.0. The molecule has 1 aromatic heterocycles. The molecule has 0 saturated heterocycles. The Bertz CT molecular complexity index is 751. The lowest BCUT2D eigenvalue weighted by Crippen LogP contribution is -2.04. The van der Waals surface area contributed by atoms with Crippen LogP contribution < -0.4 is 4.74 Å². The smallest absolute Gasteiger partial charge is 0.357 e. The Hall–Kier alpha value is -2.18. The summed E-state index contributed by atoms with van der Waals surface area (Å²) < 4.78 is 15.6. The number of aromatic nitrogens is 1. The molecule has 0 radical (unpaired) electrons. The number of hydrogen-bond acceptors (Lipinski definition) is 6. The maximum Gasteiger partial charge on any atom is 0.357 e. The molecule has 0 fully saturated rings. The Morgan fingerprint density at radius 3 is 2.91 bits per heavy atom. The van der Waals surface area contributed by atoms with Crippen LogP contribution in [0.5, 0.6) is 5.75 Å². The van der Waals surface area contributed by atoms with Crippen LogP contribution in [0, 0.1) is 0 Å². The minimum absolute atomic E-state index is 0.322. The van der Waals surface area contributed by atoms with Gasteiger partial charge in [0.2, 0.25) is 0 Å². The number of methoxy groups -OCH3 is 2. The summed E-state index contributed by atoms with van der Waals surface area (Å²) in [6.07, 6.45) is 2.96. The van der Waals surface area contributed by atoms with Crippen molar-refractivity contribution >= 4 is 22.9 Å². The predicted octanol–water partition coefficient (Wildman–Crippen LogP) is 3.41. The van der Waals surface area contributed by atoms with Crippen molar-refractivity contribution in [2.45, 2.75) is 6.42 Å². The molecule has 0 atom stereocenters. The fourth-order valence-electron chi connectivity index (χ4n) is 2.47. The van der Waals surface area contributed by atoms with E-state index in [1.165, 1.54) is 24.0 Å². The Morgan fingerprint density at radius 2 is 2.22 bits per heavy atom. The summed E-state index contributed by atoms with van der Waals surface area (Å²) >= 11 is 1.40. The average molecular weight is 331 g/mol. The van der Waals surface area contributed by atoms with E-state index in [4.69, 9.17) is 14.2 Å². The van der Waals surface area contributed by atoms with E-state index in [1.54, 1.807) is 12.5 Å². The van der Waals surface area contributed by atoms with Gasteiger partial charge in [0.05, 0.1) is 27.4 Å². The third-order valence-electron chi connectivity index (χ3n) is 3.66. The first kappa shape index (κ1) is 15.7. The van der Waals surface area contributed by atoms with Gasteiger partial charge in [-0.3, -0.25) is 0 Å². The highest BCUT2D eigenvalue weighted by Crippen LogP contribution is 2.34. The monoisotopic (exact) mass is 331 g/mol. The van der Waals surface area contributed by atoms with Crippen molar-refractivity contribution in [3.63, 3.8) is 0 Å². The molecule has 2 aromatic rings. The van der Waals surface area contributed by atoms with Crippen molar-refractivity contribution in [3.05, 3.63) is 40.9 Å². The summed E-state index contributed by atoms with van der Waals surface area (Å²) in [7, 11) is 3.00. The second kappa shape index (κ2) is 6.93. The van der Waals surface area contributed by atoms with Gasteiger partial charge in [-0.05, 0) is 18.1 Å². The Morgan fingerprint density at radius 1 is 1.35 bits per heavy atom. The van der Waals surface area contributed by atoms with E-state index in [1.807, 2.05) is 18.2 Å². The minimum atomic E-state index is -0.427. The van der Waals surface area contributed by atoms with Gasteiger partial charge in [-0.15, -0.1) is 11.3 Å². The van der Waals surface area contributed by atoms with Crippen LogP contribution in [0.15, 0.2) is 29.7 Å². The summed E-state index contributed by atoms with van der Waals surface area (Å²) in [5, 5.41) is 2.46. The summed E-state index contributed by atoms with van der Waals surface area (Å²) in [5.74, 6) is 0.369.